The van der Waals surface area contributed by atoms with Crippen LogP contribution in [0.2, 0.25) is 0 Å². The van der Waals surface area contributed by atoms with Crippen molar-refractivity contribution in [1.29, 1.82) is 0 Å². The molecule has 2 aromatic rings. The van der Waals surface area contributed by atoms with Crippen molar-refractivity contribution in [1.82, 2.24) is 15.2 Å². The second-order valence-electron chi connectivity index (χ2n) is 8.77. The Bertz CT molecular complexity index is 821. The van der Waals surface area contributed by atoms with Crippen LogP contribution in [0.1, 0.15) is 49.4 Å². The van der Waals surface area contributed by atoms with Crippen LogP contribution in [-0.4, -0.2) is 35.4 Å². The van der Waals surface area contributed by atoms with Gasteiger partial charge in [0.05, 0.1) is 18.2 Å². The predicted molar refractivity (Wildman–Crippen MR) is 121 cm³/mol. The van der Waals surface area contributed by atoms with E-state index in [1.807, 2.05) is 48.7 Å². The molecule has 0 radical (unpaired) electrons. The zero-order chi connectivity index (χ0) is 20.6. The number of aromatic nitrogens is 1. The van der Waals surface area contributed by atoms with E-state index in [4.69, 9.17) is 0 Å². The van der Waals surface area contributed by atoms with Crippen LogP contribution < -0.4 is 5.32 Å². The third-order valence-electron chi connectivity index (χ3n) is 6.44. The quantitative estimate of drug-likeness (QED) is 0.690. The zero-order valence-corrected chi connectivity index (χ0v) is 17.7. The molecule has 2 aliphatic rings. The molecular weight excluding hydrogens is 370 g/mol. The first-order chi connectivity index (χ1) is 14.8. The maximum absolute atomic E-state index is 12.9. The number of nitrogens with zero attached hydrogens (tertiary/aromatic N) is 2. The number of pyridine rings is 1. The van der Waals surface area contributed by atoms with Crippen molar-refractivity contribution in [3.05, 3.63) is 78.1 Å². The summed E-state index contributed by atoms with van der Waals surface area (Å²) in [5.41, 5.74) is 2.02. The molecule has 1 aromatic heterocycles. The number of hydrogen-bond donors (Lipinski definition) is 1. The first-order valence-corrected chi connectivity index (χ1v) is 11.4. The monoisotopic (exact) mass is 403 g/mol. The van der Waals surface area contributed by atoms with E-state index in [0.717, 1.165) is 30.1 Å². The van der Waals surface area contributed by atoms with E-state index in [9.17, 15) is 4.79 Å². The van der Waals surface area contributed by atoms with E-state index in [2.05, 4.69) is 33.4 Å². The highest BCUT2D eigenvalue weighted by Gasteiger charge is 2.31. The molecule has 3 atom stereocenters. The molecule has 0 unspecified atom stereocenters. The van der Waals surface area contributed by atoms with Gasteiger partial charge in [0.25, 0.3) is 0 Å². The van der Waals surface area contributed by atoms with Crippen molar-refractivity contribution in [3.8, 4) is 0 Å². The molecule has 1 aromatic carbocycles. The molecule has 0 spiro atoms. The molecule has 2 heterocycles. The fraction of sp³-hybridized carbons (Fsp3) is 0.462. The lowest BCUT2D eigenvalue weighted by molar-refractivity contribution is -0.121. The number of nitrogens with one attached hydrogen (secondary N) is 1. The molecule has 4 heteroatoms. The van der Waals surface area contributed by atoms with Crippen molar-refractivity contribution >= 4 is 5.91 Å². The van der Waals surface area contributed by atoms with Crippen molar-refractivity contribution in [3.63, 3.8) is 0 Å². The standard InChI is InChI=1S/C26H33N3O/c30-25(18-21-10-3-1-4-11-21)28-26(24-15-7-8-16-27-24)23-14-9-17-29(20-23)19-22-12-5-2-6-13-22/h1-5,7-8,10-11,15-16,22-23,26H,6,9,12-14,17-20H2,(H,28,30)/t22-,23-,26-/m0/s1. The van der Waals surface area contributed by atoms with Gasteiger partial charge in [-0.05, 0) is 68.2 Å². The predicted octanol–water partition coefficient (Wildman–Crippen LogP) is 4.55. The summed E-state index contributed by atoms with van der Waals surface area (Å²) in [6.45, 7) is 3.38. The minimum absolute atomic E-state index is 0.0311. The van der Waals surface area contributed by atoms with Crippen LogP contribution in [0.3, 0.4) is 0 Å². The zero-order valence-electron chi connectivity index (χ0n) is 17.7. The molecular formula is C26H33N3O. The lowest BCUT2D eigenvalue weighted by atomic mass is 9.86. The summed E-state index contributed by atoms with van der Waals surface area (Å²) in [6, 6.07) is 16.0. The fourth-order valence-electron chi connectivity index (χ4n) is 4.92. The van der Waals surface area contributed by atoms with Gasteiger partial charge in [-0.15, -0.1) is 0 Å². The van der Waals surface area contributed by atoms with Crippen LogP contribution in [-0.2, 0) is 11.2 Å². The van der Waals surface area contributed by atoms with Crippen molar-refractivity contribution in [2.24, 2.45) is 11.8 Å². The Hall–Kier alpha value is -2.46. The largest absolute Gasteiger partial charge is 0.347 e. The number of likely N-dealkylation sites (tertiary alicyclic amines) is 1. The highest BCUT2D eigenvalue weighted by Crippen LogP contribution is 2.30. The second-order valence-corrected chi connectivity index (χ2v) is 8.77. The molecule has 158 valence electrons. The lowest BCUT2D eigenvalue weighted by Crippen LogP contribution is -2.45. The highest BCUT2D eigenvalue weighted by atomic mass is 16.1. The average Bonchev–Trinajstić information content (AvgIpc) is 2.80. The van der Waals surface area contributed by atoms with Crippen LogP contribution in [0, 0.1) is 11.8 Å². The number of hydrogen-bond acceptors (Lipinski definition) is 3. The van der Waals surface area contributed by atoms with Crippen LogP contribution >= 0.6 is 0 Å². The Morgan fingerprint density at radius 1 is 1.10 bits per heavy atom. The van der Waals surface area contributed by atoms with Gasteiger partial charge in [0.1, 0.15) is 0 Å². The van der Waals surface area contributed by atoms with Crippen LogP contribution in [0.15, 0.2) is 66.9 Å². The molecule has 0 saturated carbocycles. The Morgan fingerprint density at radius 3 is 2.73 bits per heavy atom. The van der Waals surface area contributed by atoms with E-state index in [0.29, 0.717) is 12.3 Å². The van der Waals surface area contributed by atoms with Crippen LogP contribution in [0.25, 0.3) is 0 Å². The van der Waals surface area contributed by atoms with Gasteiger partial charge in [-0.1, -0.05) is 48.6 Å². The maximum Gasteiger partial charge on any atom is 0.224 e. The molecule has 1 aliphatic heterocycles. The molecule has 4 nitrogen and oxygen atoms in total. The number of carbonyl (C=O) groups is 1. The van der Waals surface area contributed by atoms with Gasteiger partial charge in [0.2, 0.25) is 5.91 Å². The van der Waals surface area contributed by atoms with Crippen molar-refractivity contribution < 1.29 is 4.79 Å². The Labute approximate surface area is 180 Å². The van der Waals surface area contributed by atoms with Gasteiger partial charge in [-0.25, -0.2) is 0 Å². The van der Waals surface area contributed by atoms with E-state index in [-0.39, 0.29) is 11.9 Å². The molecule has 1 fully saturated rings. The first-order valence-electron chi connectivity index (χ1n) is 11.4. The molecule has 0 bridgehead atoms. The van der Waals surface area contributed by atoms with Crippen LogP contribution in [0.5, 0.6) is 0 Å². The maximum atomic E-state index is 12.9. The molecule has 1 saturated heterocycles. The minimum Gasteiger partial charge on any atom is -0.347 e. The minimum atomic E-state index is -0.0311. The third-order valence-corrected chi connectivity index (χ3v) is 6.44. The van der Waals surface area contributed by atoms with E-state index in [1.54, 1.807) is 0 Å². The van der Waals surface area contributed by atoms with Gasteiger partial charge >= 0.3 is 0 Å². The number of allylic oxidation sites excluding steroid dienone is 2. The van der Waals surface area contributed by atoms with Crippen LogP contribution in [0.4, 0.5) is 0 Å². The van der Waals surface area contributed by atoms with Gasteiger partial charge < -0.3 is 10.2 Å². The van der Waals surface area contributed by atoms with Gasteiger partial charge in [-0.2, -0.15) is 0 Å². The Morgan fingerprint density at radius 2 is 1.97 bits per heavy atom. The smallest absolute Gasteiger partial charge is 0.224 e. The summed E-state index contributed by atoms with van der Waals surface area (Å²) in [7, 11) is 0. The number of piperidine rings is 1. The summed E-state index contributed by atoms with van der Waals surface area (Å²) in [4.78, 5) is 20.1. The van der Waals surface area contributed by atoms with Crippen molar-refractivity contribution in [2.75, 3.05) is 19.6 Å². The van der Waals surface area contributed by atoms with E-state index >= 15 is 0 Å². The fourth-order valence-corrected chi connectivity index (χ4v) is 4.92. The van der Waals surface area contributed by atoms with E-state index < -0.39 is 0 Å². The van der Waals surface area contributed by atoms with Gasteiger partial charge in [0, 0.05) is 19.3 Å². The molecule has 30 heavy (non-hydrogen) atoms. The van der Waals surface area contributed by atoms with Gasteiger partial charge in [0.15, 0.2) is 0 Å². The van der Waals surface area contributed by atoms with Gasteiger partial charge in [-0.3, -0.25) is 9.78 Å². The summed E-state index contributed by atoms with van der Waals surface area (Å²) in [5, 5.41) is 3.34. The summed E-state index contributed by atoms with van der Waals surface area (Å²) in [6.07, 6.45) is 12.9. The molecule has 1 aliphatic carbocycles. The summed E-state index contributed by atoms with van der Waals surface area (Å²) in [5.74, 6) is 1.24. The SMILES string of the molecule is O=C(Cc1ccccc1)N[C@H](c1ccccn1)[C@H]1CCCN(C[C@H]2CC=CCC2)C1. The summed E-state index contributed by atoms with van der Waals surface area (Å²) < 4.78 is 0. The first kappa shape index (κ1) is 20.8. The number of carbonyl (C=O) groups excluding carboxylic acids is 1. The normalized spacial score (nSPS) is 23.1. The number of benzene rings is 1. The molecule has 1 amide bonds. The van der Waals surface area contributed by atoms with E-state index in [1.165, 1.54) is 38.8 Å². The van der Waals surface area contributed by atoms with Crippen molar-refractivity contribution in [2.45, 2.75) is 44.6 Å². The summed E-state index contributed by atoms with van der Waals surface area (Å²) >= 11 is 0. The highest BCUT2D eigenvalue weighted by molar-refractivity contribution is 5.79. The molecule has 1 N–H and O–H groups in total. The molecule has 4 rings (SSSR count). The Balaban J connectivity index is 1.43. The number of rotatable bonds is 7. The topological polar surface area (TPSA) is 45.2 Å². The lowest BCUT2D eigenvalue weighted by Gasteiger charge is -2.38. The Kier molecular flexibility index (Phi) is 7.30. The second kappa shape index (κ2) is 10.5. The third kappa shape index (κ3) is 5.79. The number of amides is 1. The average molecular weight is 404 g/mol.